The van der Waals surface area contributed by atoms with E-state index in [0.29, 0.717) is 12.1 Å². The first-order valence-corrected chi connectivity index (χ1v) is 7.88. The lowest BCUT2D eigenvalue weighted by Gasteiger charge is -2.31. The summed E-state index contributed by atoms with van der Waals surface area (Å²) in [6.07, 6.45) is 5.33. The minimum Gasteiger partial charge on any atom is -0.307 e. The number of hydrogen-bond donors (Lipinski definition) is 1. The van der Waals surface area contributed by atoms with Crippen LogP contribution in [0.2, 0.25) is 5.02 Å². The molecule has 0 heterocycles. The second-order valence-electron chi connectivity index (χ2n) is 7.19. The monoisotopic (exact) mass is 277 g/mol. The summed E-state index contributed by atoms with van der Waals surface area (Å²) >= 11 is 6.18. The molecule has 1 aromatic rings. The summed E-state index contributed by atoms with van der Waals surface area (Å²) < 4.78 is 0. The van der Waals surface area contributed by atoms with Crippen LogP contribution in [0.4, 0.5) is 0 Å². The molecular weight excluding hydrogens is 254 g/mol. The summed E-state index contributed by atoms with van der Waals surface area (Å²) in [7, 11) is 0. The van der Waals surface area contributed by atoms with Gasteiger partial charge in [0.15, 0.2) is 0 Å². The predicted molar refractivity (Wildman–Crippen MR) is 81.6 cm³/mol. The molecule has 0 bridgehead atoms. The topological polar surface area (TPSA) is 12.0 Å². The maximum Gasteiger partial charge on any atom is 0.0409 e. The molecule has 1 nitrogen and oxygen atoms in total. The Kier molecular flexibility index (Phi) is 3.39. The summed E-state index contributed by atoms with van der Waals surface area (Å²) in [6.45, 7) is 7.06. The maximum atomic E-state index is 6.18. The highest BCUT2D eigenvalue weighted by Gasteiger charge is 2.39. The lowest BCUT2D eigenvalue weighted by molar-refractivity contribution is 0.245. The van der Waals surface area contributed by atoms with Gasteiger partial charge in [0.1, 0.15) is 0 Å². The number of hydrogen-bond acceptors (Lipinski definition) is 1. The van der Waals surface area contributed by atoms with E-state index in [4.69, 9.17) is 11.6 Å². The van der Waals surface area contributed by atoms with E-state index in [9.17, 15) is 0 Å². The predicted octanol–water partition coefficient (Wildman–Crippen LogP) is 4.74. The molecule has 1 fully saturated rings. The van der Waals surface area contributed by atoms with Crippen molar-refractivity contribution < 1.29 is 0 Å². The quantitative estimate of drug-likeness (QED) is 0.838. The fourth-order valence-electron chi connectivity index (χ4n) is 3.53. The van der Waals surface area contributed by atoms with Crippen LogP contribution in [0.5, 0.6) is 0 Å². The van der Waals surface area contributed by atoms with Crippen LogP contribution >= 0.6 is 11.6 Å². The van der Waals surface area contributed by atoms with Gasteiger partial charge in [-0.2, -0.15) is 0 Å². The molecule has 0 radical (unpaired) electrons. The van der Waals surface area contributed by atoms with E-state index >= 15 is 0 Å². The van der Waals surface area contributed by atoms with Crippen molar-refractivity contribution in [1.82, 2.24) is 5.32 Å². The lowest BCUT2D eigenvalue weighted by atomic mass is 9.85. The minimum absolute atomic E-state index is 0.283. The standard InChI is InChI=1S/C17H24ClN/c1-11(8-12-4-5-12)19-16-15-9-14(18)7-6-13(15)10-17(16,2)3/h6-7,9,11-12,16,19H,4-5,8,10H2,1-3H3. The van der Waals surface area contributed by atoms with Crippen molar-refractivity contribution in [1.29, 1.82) is 0 Å². The van der Waals surface area contributed by atoms with Gasteiger partial charge >= 0.3 is 0 Å². The number of benzene rings is 1. The molecule has 2 aliphatic rings. The molecule has 2 unspecified atom stereocenters. The average Bonchev–Trinajstić information content (AvgIpc) is 3.08. The van der Waals surface area contributed by atoms with Crippen LogP contribution in [0.3, 0.4) is 0 Å². The Morgan fingerprint density at radius 2 is 2.11 bits per heavy atom. The van der Waals surface area contributed by atoms with Crippen LogP contribution in [-0.4, -0.2) is 6.04 Å². The van der Waals surface area contributed by atoms with Gasteiger partial charge in [-0.25, -0.2) is 0 Å². The van der Waals surface area contributed by atoms with Gasteiger partial charge in [-0.3, -0.25) is 0 Å². The largest absolute Gasteiger partial charge is 0.307 e. The van der Waals surface area contributed by atoms with Crippen molar-refractivity contribution in [3.63, 3.8) is 0 Å². The average molecular weight is 278 g/mol. The van der Waals surface area contributed by atoms with Crippen LogP contribution < -0.4 is 5.32 Å². The van der Waals surface area contributed by atoms with E-state index in [1.54, 1.807) is 0 Å². The Hall–Kier alpha value is -0.530. The van der Waals surface area contributed by atoms with Crippen molar-refractivity contribution >= 4 is 11.6 Å². The van der Waals surface area contributed by atoms with Crippen molar-refractivity contribution in [3.8, 4) is 0 Å². The molecule has 0 aliphatic heterocycles. The molecule has 104 valence electrons. The third kappa shape index (κ3) is 2.83. The second kappa shape index (κ2) is 4.79. The number of rotatable bonds is 4. The van der Waals surface area contributed by atoms with Gasteiger partial charge in [-0.05, 0) is 54.4 Å². The highest BCUT2D eigenvalue weighted by atomic mass is 35.5. The van der Waals surface area contributed by atoms with Gasteiger partial charge in [-0.1, -0.05) is 44.4 Å². The molecule has 2 heteroatoms. The molecule has 0 spiro atoms. The van der Waals surface area contributed by atoms with Crippen LogP contribution in [0, 0.1) is 11.3 Å². The maximum absolute atomic E-state index is 6.18. The highest BCUT2D eigenvalue weighted by molar-refractivity contribution is 6.30. The molecule has 3 rings (SSSR count). The van der Waals surface area contributed by atoms with Crippen molar-refractivity contribution in [2.45, 2.75) is 58.5 Å². The van der Waals surface area contributed by atoms with Crippen LogP contribution in [-0.2, 0) is 6.42 Å². The summed E-state index contributed by atoms with van der Waals surface area (Å²) in [4.78, 5) is 0. The molecule has 19 heavy (non-hydrogen) atoms. The molecule has 1 saturated carbocycles. The smallest absolute Gasteiger partial charge is 0.0409 e. The third-order valence-corrected chi connectivity index (χ3v) is 4.92. The number of nitrogens with one attached hydrogen (secondary N) is 1. The van der Waals surface area contributed by atoms with Gasteiger partial charge in [0.05, 0.1) is 0 Å². The zero-order valence-electron chi connectivity index (χ0n) is 12.2. The summed E-state index contributed by atoms with van der Waals surface area (Å²) in [5, 5.41) is 4.72. The molecule has 1 N–H and O–H groups in total. The second-order valence-corrected chi connectivity index (χ2v) is 7.62. The van der Waals surface area contributed by atoms with E-state index < -0.39 is 0 Å². The Bertz CT molecular complexity index is 476. The Morgan fingerprint density at radius 1 is 1.37 bits per heavy atom. The minimum atomic E-state index is 0.283. The van der Waals surface area contributed by atoms with E-state index in [-0.39, 0.29) is 5.41 Å². The van der Waals surface area contributed by atoms with Crippen molar-refractivity contribution in [3.05, 3.63) is 34.3 Å². The highest BCUT2D eigenvalue weighted by Crippen LogP contribution is 2.46. The molecule has 1 aromatic carbocycles. The molecule has 2 atom stereocenters. The van der Waals surface area contributed by atoms with Crippen molar-refractivity contribution in [2.75, 3.05) is 0 Å². The third-order valence-electron chi connectivity index (χ3n) is 4.68. The molecular formula is C17H24ClN. The van der Waals surface area contributed by atoms with Crippen LogP contribution in [0.25, 0.3) is 0 Å². The first-order chi connectivity index (χ1) is 8.95. The van der Waals surface area contributed by atoms with Gasteiger partial charge in [0.25, 0.3) is 0 Å². The molecule has 0 aromatic heterocycles. The molecule has 0 amide bonds. The van der Waals surface area contributed by atoms with Crippen LogP contribution in [0.15, 0.2) is 18.2 Å². The SMILES string of the molecule is CC(CC1CC1)NC1c2cc(Cl)ccc2CC1(C)C. The zero-order valence-corrected chi connectivity index (χ0v) is 12.9. The Morgan fingerprint density at radius 3 is 2.79 bits per heavy atom. The first-order valence-electron chi connectivity index (χ1n) is 7.50. The van der Waals surface area contributed by atoms with Crippen LogP contribution in [0.1, 0.15) is 57.2 Å². The summed E-state index contributed by atoms with van der Waals surface area (Å²) in [5.74, 6) is 0.978. The van der Waals surface area contributed by atoms with Gasteiger partial charge in [0.2, 0.25) is 0 Å². The fourth-order valence-corrected chi connectivity index (χ4v) is 3.71. The van der Waals surface area contributed by atoms with Gasteiger partial charge in [-0.15, -0.1) is 0 Å². The summed E-state index contributed by atoms with van der Waals surface area (Å²) in [6, 6.07) is 7.42. The van der Waals surface area contributed by atoms with Crippen molar-refractivity contribution in [2.24, 2.45) is 11.3 Å². The first kappa shape index (κ1) is 13.5. The molecule has 2 aliphatic carbocycles. The molecule has 0 saturated heterocycles. The number of halogens is 1. The zero-order chi connectivity index (χ0) is 13.6. The van der Waals surface area contributed by atoms with E-state index in [2.05, 4.69) is 38.2 Å². The van der Waals surface area contributed by atoms with E-state index in [1.165, 1.54) is 30.4 Å². The van der Waals surface area contributed by atoms with E-state index in [0.717, 1.165) is 17.4 Å². The fraction of sp³-hybridized carbons (Fsp3) is 0.647. The lowest BCUT2D eigenvalue weighted by Crippen LogP contribution is -2.37. The van der Waals surface area contributed by atoms with Gasteiger partial charge in [0, 0.05) is 17.1 Å². The number of fused-ring (bicyclic) bond motifs is 1. The Labute approximate surface area is 121 Å². The van der Waals surface area contributed by atoms with E-state index in [1.807, 2.05) is 6.07 Å². The normalized spacial score (nSPS) is 26.2. The summed E-state index contributed by atoms with van der Waals surface area (Å²) in [5.41, 5.74) is 3.16. The van der Waals surface area contributed by atoms with Gasteiger partial charge < -0.3 is 5.32 Å². The Balaban J connectivity index is 1.80.